The smallest absolute Gasteiger partial charge is 0.261 e. The van der Waals surface area contributed by atoms with Gasteiger partial charge in [-0.3, -0.25) is 19.3 Å². The average molecular weight is 1310 g/mol. The molecule has 0 aliphatic carbocycles. The first kappa shape index (κ1) is 73.6. The Balaban J connectivity index is 0.912. The number of benzene rings is 2. The molecule has 15 heteroatoms. The molecule has 6 heterocycles. The minimum atomic E-state index is -2.36. The minimum absolute atomic E-state index is 0.0107. The molecule has 0 N–H and O–H groups in total. The summed E-state index contributed by atoms with van der Waals surface area (Å²) in [5, 5.41) is -0.106. The number of amides is 2. The van der Waals surface area contributed by atoms with Gasteiger partial charge in [0.1, 0.15) is 11.9 Å². The number of allylic oxidation sites excluding steroid dienone is 1. The maximum absolute atomic E-state index is 13.8. The summed E-state index contributed by atoms with van der Waals surface area (Å²) in [5.41, 5.74) is 4.54. The molecule has 91 heavy (non-hydrogen) atoms. The lowest BCUT2D eigenvalue weighted by molar-refractivity contribution is -0.251. The van der Waals surface area contributed by atoms with Gasteiger partial charge in [0.25, 0.3) is 11.8 Å². The number of ether oxygens (including phenoxy) is 5. The summed E-state index contributed by atoms with van der Waals surface area (Å²) in [6.45, 7) is 54.7. The van der Waals surface area contributed by atoms with Crippen LogP contribution in [-0.4, -0.2) is 133 Å². The Hall–Kier alpha value is -3.20. The van der Waals surface area contributed by atoms with E-state index in [0.717, 1.165) is 69.8 Å². The highest BCUT2D eigenvalue weighted by Crippen LogP contribution is 2.48. The van der Waals surface area contributed by atoms with Gasteiger partial charge in [0.15, 0.2) is 25.0 Å². The molecule has 8 rings (SSSR count). The minimum Gasteiger partial charge on any atom is -0.412 e. The fourth-order valence-electron chi connectivity index (χ4n) is 14.3. The van der Waals surface area contributed by atoms with E-state index in [9.17, 15) is 14.4 Å². The highest BCUT2D eigenvalue weighted by molar-refractivity contribution is 6.75. The van der Waals surface area contributed by atoms with Crippen LogP contribution >= 0.6 is 0 Å². The van der Waals surface area contributed by atoms with Crippen LogP contribution in [0.1, 0.15) is 200 Å². The van der Waals surface area contributed by atoms with Crippen molar-refractivity contribution in [2.24, 2.45) is 29.6 Å². The topological polar surface area (TPSA) is 128 Å². The van der Waals surface area contributed by atoms with Crippen LogP contribution in [0.3, 0.4) is 0 Å². The first-order valence-corrected chi connectivity index (χ1v) is 43.9. The molecule has 508 valence electrons. The summed E-state index contributed by atoms with van der Waals surface area (Å²) < 4.78 is 57.6. The van der Waals surface area contributed by atoms with Crippen LogP contribution in [0.25, 0.3) is 0 Å². The van der Waals surface area contributed by atoms with Crippen molar-refractivity contribution in [2.75, 3.05) is 6.54 Å². The maximum Gasteiger partial charge on any atom is 0.261 e. The molecule has 2 amide bonds. The lowest BCUT2D eigenvalue weighted by atomic mass is 9.79. The summed E-state index contributed by atoms with van der Waals surface area (Å²) in [5.74, 6) is 0.687. The normalized spacial score (nSPS) is 31.5. The molecular weight excluding hydrogens is 1190 g/mol. The monoisotopic (exact) mass is 1310 g/mol. The first-order valence-electron chi connectivity index (χ1n) is 35.2. The molecule has 0 aromatic heterocycles. The number of ketones is 1. The second-order valence-electron chi connectivity index (χ2n) is 33.5. The van der Waals surface area contributed by atoms with Gasteiger partial charge < -0.3 is 37.0 Å². The molecule has 5 saturated heterocycles. The summed E-state index contributed by atoms with van der Waals surface area (Å²) in [7, 11) is -6.96. The zero-order valence-corrected chi connectivity index (χ0v) is 63.0. The predicted molar refractivity (Wildman–Crippen MR) is 375 cm³/mol. The van der Waals surface area contributed by atoms with Gasteiger partial charge >= 0.3 is 0 Å². The van der Waals surface area contributed by atoms with Crippen LogP contribution < -0.4 is 0 Å². The molecule has 0 saturated carbocycles. The Bertz CT molecular complexity index is 2820. The number of carbonyl (C=O) groups is 3. The van der Waals surface area contributed by atoms with Crippen molar-refractivity contribution in [1.82, 2.24) is 4.90 Å². The van der Waals surface area contributed by atoms with Crippen molar-refractivity contribution in [2.45, 2.75) is 314 Å². The Labute approximate surface area is 553 Å². The lowest BCUT2D eigenvalue weighted by Crippen LogP contribution is -2.64. The molecule has 18 atom stereocenters. The molecule has 6 aliphatic rings. The Morgan fingerprint density at radius 3 is 1.90 bits per heavy atom. The molecule has 2 aromatic carbocycles. The van der Waals surface area contributed by atoms with Gasteiger partial charge in [-0.15, -0.1) is 0 Å². The van der Waals surface area contributed by atoms with Crippen molar-refractivity contribution >= 4 is 42.5 Å². The van der Waals surface area contributed by atoms with Gasteiger partial charge in [-0.05, 0) is 178 Å². The quantitative estimate of drug-likeness (QED) is 0.0507. The van der Waals surface area contributed by atoms with Crippen LogP contribution in [0.15, 0.2) is 91.1 Å². The molecule has 5 fully saturated rings. The summed E-state index contributed by atoms with van der Waals surface area (Å²) in [6.07, 6.45) is 13.5. The number of rotatable bonds is 26. The van der Waals surface area contributed by atoms with Crippen LogP contribution in [-0.2, 0) is 48.2 Å². The number of hydrogen-bond acceptors (Lipinski definition) is 11. The predicted octanol–water partition coefficient (Wildman–Crippen LogP) is 17.6. The highest BCUT2D eigenvalue weighted by Gasteiger charge is 2.55. The van der Waals surface area contributed by atoms with E-state index in [2.05, 4.69) is 185 Å². The third-order valence-corrected chi connectivity index (χ3v) is 36.8. The van der Waals surface area contributed by atoms with Gasteiger partial charge in [0, 0.05) is 25.2 Å². The van der Waals surface area contributed by atoms with E-state index in [1.165, 1.54) is 16.0 Å². The zero-order chi connectivity index (χ0) is 66.9. The Morgan fingerprint density at radius 2 is 1.29 bits per heavy atom. The second-order valence-corrected chi connectivity index (χ2v) is 47.7. The molecule has 6 unspecified atom stereocenters. The van der Waals surface area contributed by atoms with Crippen molar-refractivity contribution in [3.63, 3.8) is 0 Å². The highest BCUT2D eigenvalue weighted by atomic mass is 28.4. The van der Waals surface area contributed by atoms with Crippen LogP contribution in [0.4, 0.5) is 0 Å². The van der Waals surface area contributed by atoms with E-state index in [-0.39, 0.29) is 136 Å². The van der Waals surface area contributed by atoms with Crippen LogP contribution in [0.5, 0.6) is 0 Å². The third-order valence-electron chi connectivity index (χ3n) is 23.3. The van der Waals surface area contributed by atoms with E-state index < -0.39 is 31.1 Å². The molecule has 12 nitrogen and oxygen atoms in total. The fourth-order valence-corrected chi connectivity index (χ4v) is 18.3. The number of carbonyl (C=O) groups excluding carboxylic acids is 3. The molecule has 2 aromatic rings. The van der Waals surface area contributed by atoms with E-state index in [0.29, 0.717) is 36.3 Å². The van der Waals surface area contributed by atoms with Gasteiger partial charge in [0.2, 0.25) is 0 Å². The zero-order valence-electron chi connectivity index (χ0n) is 60.0. The van der Waals surface area contributed by atoms with Crippen LogP contribution in [0.2, 0.25) is 54.4 Å². The number of Topliss-reactive ketones (excluding diaryl/α,β-unsaturated/α-hetero) is 1. The maximum atomic E-state index is 13.8. The standard InChI is InChI=1S/C76H121NO11Si3/c1-48(33-39-65(87-90(19,20)75(11,12)13)71-70(88-91(21,22)76(14,15)16)54(7)69-64(85-71)41-37-58(83-69)44-51(4)78)32-35-56-43-50(3)63(81-56)40-36-57-42-49(2)52(5)67(82-57)46-68-60(38-34-55-28-24-23-25-29-55)53(6)66(84-68)45-59(86-89(17,18)74(8,9)10)47-77-72(79)61-30-26-27-31-62(61)73(77)80/h23-31,33,39,48-49,53-54,56-60,63-71H,3,5,32,34-38,40-47H2,1-2,4,6-22H3/b39-33+/t48?,49-,53-,54+,56+,57+,58?,59+,60?,63?,64+,65+,66?,67-,68+,69-,70+,71?/m1/s1. The van der Waals surface area contributed by atoms with Crippen molar-refractivity contribution < 1.29 is 51.3 Å². The lowest BCUT2D eigenvalue weighted by Gasteiger charge is -2.54. The number of aryl methyl sites for hydroxylation is 1. The second kappa shape index (κ2) is 29.7. The first-order chi connectivity index (χ1) is 42.3. The Morgan fingerprint density at radius 1 is 0.681 bits per heavy atom. The van der Waals surface area contributed by atoms with E-state index >= 15 is 0 Å². The SMILES string of the molecule is C=C1C[C@H](CCC(C)/C=C/[C@H](O[Si](C)(C)C(C)(C)C)C2O[C@H]3CCC(CC(C)=O)O[C@@H]3[C@H](C)[C@@H]2O[Si](C)(C)C(C)(C)C)OC1CC[C@H]1C[C@@H](C)C(=C)[C@@H](C[C@@H]2OC(C[C@@H](CN3C(=O)c4ccccc4C3=O)O[Si](C)(C)C(C)(C)C)[C@H](C)C2CCc2ccccc2)O1. The summed E-state index contributed by atoms with van der Waals surface area (Å²) in [6, 6.07) is 17.9. The third kappa shape index (κ3) is 17.9. The van der Waals surface area contributed by atoms with Gasteiger partial charge in [-0.2, -0.15) is 0 Å². The number of nitrogens with zero attached hydrogens (tertiary/aromatic N) is 1. The average Bonchev–Trinajstić information content (AvgIpc) is 0.956. The van der Waals surface area contributed by atoms with Gasteiger partial charge in [-0.1, -0.05) is 158 Å². The van der Waals surface area contributed by atoms with E-state index in [4.69, 9.17) is 37.0 Å². The molecule has 6 aliphatic heterocycles. The number of hydrogen-bond donors (Lipinski definition) is 0. The largest absolute Gasteiger partial charge is 0.412 e. The van der Waals surface area contributed by atoms with Crippen LogP contribution in [0, 0.1) is 29.6 Å². The Kier molecular flexibility index (Phi) is 24.0. The van der Waals surface area contributed by atoms with E-state index in [1.807, 2.05) is 12.1 Å². The molecule has 0 bridgehead atoms. The number of imide groups is 1. The van der Waals surface area contributed by atoms with Crippen molar-refractivity contribution in [3.05, 3.63) is 108 Å². The molecule has 0 radical (unpaired) electrons. The van der Waals surface area contributed by atoms with Crippen molar-refractivity contribution in [1.29, 1.82) is 0 Å². The number of fused-ring (bicyclic) bond motifs is 2. The fraction of sp³-hybridized carbons (Fsp3) is 0.724. The van der Waals surface area contributed by atoms with Gasteiger partial charge in [0.05, 0.1) is 90.9 Å². The molecular formula is C76H121NO11Si3. The summed E-state index contributed by atoms with van der Waals surface area (Å²) in [4.78, 5) is 41.4. The summed E-state index contributed by atoms with van der Waals surface area (Å²) >= 11 is 0. The molecule has 0 spiro atoms. The van der Waals surface area contributed by atoms with Gasteiger partial charge in [-0.25, -0.2) is 0 Å². The van der Waals surface area contributed by atoms with Crippen molar-refractivity contribution in [3.8, 4) is 0 Å². The van der Waals surface area contributed by atoms with E-state index in [1.54, 1.807) is 19.1 Å².